The molecule has 0 saturated carbocycles. The SMILES string of the molecule is CC1(C)OB(c2cccc(NC3CCCCO3)c2C=N)OC1(C)C. The van der Waals surface area contributed by atoms with Gasteiger partial charge in [0, 0.05) is 24.1 Å². The topological polar surface area (TPSA) is 63.6 Å². The molecule has 2 saturated heterocycles. The Hall–Kier alpha value is -1.37. The molecule has 0 radical (unpaired) electrons. The van der Waals surface area contributed by atoms with E-state index in [0.717, 1.165) is 42.6 Å². The average Bonchev–Trinajstić information content (AvgIpc) is 2.76. The predicted octanol–water partition coefficient (Wildman–Crippen LogP) is 2.92. The Morgan fingerprint density at radius 1 is 1.17 bits per heavy atom. The van der Waals surface area contributed by atoms with Crippen LogP contribution in [0.3, 0.4) is 0 Å². The van der Waals surface area contributed by atoms with Crippen LogP contribution in [0.2, 0.25) is 0 Å². The van der Waals surface area contributed by atoms with E-state index in [-0.39, 0.29) is 6.23 Å². The lowest BCUT2D eigenvalue weighted by atomic mass is 9.75. The van der Waals surface area contributed by atoms with E-state index >= 15 is 0 Å². The highest BCUT2D eigenvalue weighted by atomic mass is 16.7. The third kappa shape index (κ3) is 3.23. The molecule has 0 amide bonds. The van der Waals surface area contributed by atoms with E-state index in [1.807, 2.05) is 45.9 Å². The van der Waals surface area contributed by atoms with E-state index in [0.29, 0.717) is 0 Å². The van der Waals surface area contributed by atoms with Crippen LogP contribution in [-0.2, 0) is 14.0 Å². The number of rotatable bonds is 4. The van der Waals surface area contributed by atoms with Gasteiger partial charge in [0.2, 0.25) is 0 Å². The summed E-state index contributed by atoms with van der Waals surface area (Å²) in [5, 5.41) is 11.3. The van der Waals surface area contributed by atoms with Crippen LogP contribution in [0.4, 0.5) is 5.69 Å². The lowest BCUT2D eigenvalue weighted by molar-refractivity contribution is 0.00578. The van der Waals surface area contributed by atoms with Crippen LogP contribution in [0, 0.1) is 5.41 Å². The monoisotopic (exact) mass is 330 g/mol. The van der Waals surface area contributed by atoms with Crippen LogP contribution in [0.25, 0.3) is 0 Å². The Balaban J connectivity index is 1.86. The number of hydrogen-bond acceptors (Lipinski definition) is 5. The normalized spacial score (nSPS) is 25.5. The molecule has 130 valence electrons. The minimum absolute atomic E-state index is 0.00555. The van der Waals surface area contributed by atoms with Crippen molar-refractivity contribution >= 4 is 24.5 Å². The van der Waals surface area contributed by atoms with E-state index in [1.54, 1.807) is 0 Å². The van der Waals surface area contributed by atoms with Gasteiger partial charge in [0.1, 0.15) is 6.23 Å². The first kappa shape index (κ1) is 17.5. The average molecular weight is 330 g/mol. The summed E-state index contributed by atoms with van der Waals surface area (Å²) in [7, 11) is -0.472. The maximum Gasteiger partial charge on any atom is 0.495 e. The smallest absolute Gasteiger partial charge is 0.399 e. The van der Waals surface area contributed by atoms with Gasteiger partial charge in [0.15, 0.2) is 0 Å². The van der Waals surface area contributed by atoms with Crippen molar-refractivity contribution in [2.45, 2.75) is 64.4 Å². The van der Waals surface area contributed by atoms with Crippen molar-refractivity contribution < 1.29 is 14.0 Å². The Kier molecular flexibility index (Phi) is 4.73. The molecule has 1 aromatic carbocycles. The maximum atomic E-state index is 7.89. The van der Waals surface area contributed by atoms with Gasteiger partial charge in [-0.15, -0.1) is 0 Å². The summed E-state index contributed by atoms with van der Waals surface area (Å²) in [6.45, 7) is 8.93. The van der Waals surface area contributed by atoms with Crippen molar-refractivity contribution in [1.82, 2.24) is 0 Å². The molecule has 2 N–H and O–H groups in total. The van der Waals surface area contributed by atoms with Crippen LogP contribution >= 0.6 is 0 Å². The van der Waals surface area contributed by atoms with Gasteiger partial charge in [0.25, 0.3) is 0 Å². The van der Waals surface area contributed by atoms with Crippen LogP contribution < -0.4 is 10.8 Å². The second-order valence-corrected chi connectivity index (χ2v) is 7.54. The second-order valence-electron chi connectivity index (χ2n) is 7.54. The van der Waals surface area contributed by atoms with Gasteiger partial charge in [-0.2, -0.15) is 0 Å². The van der Waals surface area contributed by atoms with Crippen LogP contribution in [0.15, 0.2) is 18.2 Å². The van der Waals surface area contributed by atoms with Gasteiger partial charge in [-0.05, 0) is 58.5 Å². The second kappa shape index (κ2) is 6.50. The summed E-state index contributed by atoms with van der Waals surface area (Å²) < 4.78 is 18.1. The highest BCUT2D eigenvalue weighted by molar-refractivity contribution is 6.63. The molecule has 0 spiro atoms. The highest BCUT2D eigenvalue weighted by Gasteiger charge is 2.52. The van der Waals surface area contributed by atoms with E-state index in [1.165, 1.54) is 6.21 Å². The van der Waals surface area contributed by atoms with Crippen LogP contribution in [-0.4, -0.2) is 37.4 Å². The molecule has 6 heteroatoms. The fourth-order valence-electron chi connectivity index (χ4n) is 3.07. The van der Waals surface area contributed by atoms with Gasteiger partial charge in [-0.25, -0.2) is 0 Å². The molecule has 1 unspecified atom stereocenters. The lowest BCUT2D eigenvalue weighted by Gasteiger charge is -2.32. The molecule has 5 nitrogen and oxygen atoms in total. The zero-order valence-electron chi connectivity index (χ0n) is 15.0. The summed E-state index contributed by atoms with van der Waals surface area (Å²) >= 11 is 0. The molecule has 0 aliphatic carbocycles. The lowest BCUT2D eigenvalue weighted by Crippen LogP contribution is -2.41. The van der Waals surface area contributed by atoms with E-state index in [9.17, 15) is 0 Å². The molecule has 1 atom stereocenters. The van der Waals surface area contributed by atoms with Gasteiger partial charge in [0.05, 0.1) is 11.2 Å². The molecule has 2 heterocycles. The minimum Gasteiger partial charge on any atom is -0.399 e. The number of anilines is 1. The first-order chi connectivity index (χ1) is 11.3. The van der Waals surface area contributed by atoms with Crippen molar-refractivity contribution in [1.29, 1.82) is 5.41 Å². The van der Waals surface area contributed by atoms with Crippen molar-refractivity contribution in [3.63, 3.8) is 0 Å². The fourth-order valence-corrected chi connectivity index (χ4v) is 3.07. The first-order valence-electron chi connectivity index (χ1n) is 8.71. The summed E-state index contributed by atoms with van der Waals surface area (Å²) in [5.41, 5.74) is 1.78. The van der Waals surface area contributed by atoms with E-state index < -0.39 is 18.3 Å². The van der Waals surface area contributed by atoms with Crippen LogP contribution in [0.5, 0.6) is 0 Å². The minimum atomic E-state index is -0.472. The van der Waals surface area contributed by atoms with Gasteiger partial charge in [-0.1, -0.05) is 12.1 Å². The quantitative estimate of drug-likeness (QED) is 0.658. The maximum absolute atomic E-state index is 7.89. The standard InChI is InChI=1S/C18H27BN2O3/c1-17(2)18(3,4)24-19(23-17)14-8-7-9-15(13(14)12-20)21-16-10-5-6-11-22-16/h7-9,12,16,20-21H,5-6,10-11H2,1-4H3. The zero-order valence-corrected chi connectivity index (χ0v) is 15.0. The van der Waals surface area contributed by atoms with E-state index in [2.05, 4.69) is 5.32 Å². The molecule has 2 aliphatic rings. The molecule has 0 bridgehead atoms. The molecule has 2 aliphatic heterocycles. The Morgan fingerprint density at radius 2 is 1.88 bits per heavy atom. The first-order valence-corrected chi connectivity index (χ1v) is 8.71. The molecule has 24 heavy (non-hydrogen) atoms. The van der Waals surface area contributed by atoms with Crippen molar-refractivity contribution in [2.75, 3.05) is 11.9 Å². The number of ether oxygens (including phenoxy) is 1. The molecule has 2 fully saturated rings. The Morgan fingerprint density at radius 3 is 2.46 bits per heavy atom. The number of hydrogen-bond donors (Lipinski definition) is 2. The summed E-state index contributed by atoms with van der Waals surface area (Å²) in [4.78, 5) is 0. The molecule has 1 aromatic rings. The van der Waals surface area contributed by atoms with Crippen LogP contribution in [0.1, 0.15) is 52.5 Å². The third-order valence-electron chi connectivity index (χ3n) is 5.29. The third-order valence-corrected chi connectivity index (χ3v) is 5.29. The zero-order chi connectivity index (χ0) is 17.4. The molecular formula is C18H27BN2O3. The fraction of sp³-hybridized carbons (Fsp3) is 0.611. The van der Waals surface area contributed by atoms with Gasteiger partial charge < -0.3 is 24.8 Å². The molecule has 0 aromatic heterocycles. The van der Waals surface area contributed by atoms with Gasteiger partial charge >= 0.3 is 7.12 Å². The Bertz CT molecular complexity index is 596. The highest BCUT2D eigenvalue weighted by Crippen LogP contribution is 2.37. The predicted molar refractivity (Wildman–Crippen MR) is 97.3 cm³/mol. The number of benzene rings is 1. The summed E-state index contributed by atoms with van der Waals surface area (Å²) in [6.07, 6.45) is 4.63. The molecular weight excluding hydrogens is 303 g/mol. The largest absolute Gasteiger partial charge is 0.495 e. The number of nitrogens with one attached hydrogen (secondary N) is 2. The summed E-state index contributed by atoms with van der Waals surface area (Å²) in [5.74, 6) is 0. The van der Waals surface area contributed by atoms with Crippen molar-refractivity contribution in [3.05, 3.63) is 23.8 Å². The van der Waals surface area contributed by atoms with Crippen molar-refractivity contribution in [2.24, 2.45) is 0 Å². The Labute approximate surface area is 144 Å². The van der Waals surface area contributed by atoms with E-state index in [4.69, 9.17) is 19.5 Å². The van der Waals surface area contributed by atoms with Crippen molar-refractivity contribution in [3.8, 4) is 0 Å². The summed E-state index contributed by atoms with van der Waals surface area (Å²) in [6, 6.07) is 5.92. The van der Waals surface area contributed by atoms with Gasteiger partial charge in [-0.3, -0.25) is 0 Å². The molecule has 3 rings (SSSR count).